The molecule has 4 nitrogen and oxygen atoms in total. The normalized spacial score (nSPS) is 13.1. The van der Waals surface area contributed by atoms with Crippen LogP contribution in [0.1, 0.15) is 30.2 Å². The molecule has 0 aromatic carbocycles. The van der Waals surface area contributed by atoms with Crippen LogP contribution in [-0.2, 0) is 7.05 Å². The van der Waals surface area contributed by atoms with Gasteiger partial charge in [-0.1, -0.05) is 0 Å². The average molecular weight is 204 g/mol. The lowest BCUT2D eigenvalue weighted by Crippen LogP contribution is -2.14. The predicted molar refractivity (Wildman–Crippen MR) is 58.7 cm³/mol. The second-order valence-corrected chi connectivity index (χ2v) is 3.96. The van der Waals surface area contributed by atoms with Crippen LogP contribution in [0.25, 0.3) is 0 Å². The summed E-state index contributed by atoms with van der Waals surface area (Å²) in [6.45, 7) is 6.36. The molecule has 2 heterocycles. The number of aromatic nitrogens is 4. The fourth-order valence-electron chi connectivity index (χ4n) is 2.08. The summed E-state index contributed by atoms with van der Waals surface area (Å²) in [6, 6.07) is 4.48. The highest BCUT2D eigenvalue weighted by Gasteiger charge is 2.15. The van der Waals surface area contributed by atoms with E-state index in [2.05, 4.69) is 47.7 Å². The summed E-state index contributed by atoms with van der Waals surface area (Å²) in [6.07, 6.45) is 1.74. The monoisotopic (exact) mass is 204 g/mol. The van der Waals surface area contributed by atoms with Crippen LogP contribution in [0.15, 0.2) is 18.5 Å². The number of hydrogen-bond donors (Lipinski definition) is 0. The summed E-state index contributed by atoms with van der Waals surface area (Å²) < 4.78 is 4.23. The molecule has 0 saturated heterocycles. The Bertz CT molecular complexity index is 447. The maximum atomic E-state index is 4.15. The zero-order chi connectivity index (χ0) is 11.0. The van der Waals surface area contributed by atoms with Crippen molar-refractivity contribution in [2.24, 2.45) is 7.05 Å². The van der Waals surface area contributed by atoms with Gasteiger partial charge >= 0.3 is 0 Å². The van der Waals surface area contributed by atoms with Crippen LogP contribution in [0.5, 0.6) is 0 Å². The van der Waals surface area contributed by atoms with E-state index < -0.39 is 0 Å². The van der Waals surface area contributed by atoms with E-state index in [4.69, 9.17) is 0 Å². The summed E-state index contributed by atoms with van der Waals surface area (Å²) in [5, 5.41) is 8.06. The molecule has 1 atom stereocenters. The molecule has 0 saturated carbocycles. The number of rotatable bonds is 2. The standard InChI is InChI=1S/C11H16N4/c1-8-5-6-9(2)15(8)10(3)11-13-12-7-14(11)4/h5-7,10H,1-4H3. The van der Waals surface area contributed by atoms with Crippen LogP contribution in [0.4, 0.5) is 0 Å². The second kappa shape index (κ2) is 3.53. The molecule has 0 aliphatic heterocycles. The summed E-state index contributed by atoms with van der Waals surface area (Å²) >= 11 is 0. The zero-order valence-corrected chi connectivity index (χ0v) is 9.60. The Hall–Kier alpha value is -1.58. The molecule has 0 spiro atoms. The first-order chi connectivity index (χ1) is 7.11. The van der Waals surface area contributed by atoms with Gasteiger partial charge in [0, 0.05) is 18.4 Å². The first-order valence-electron chi connectivity index (χ1n) is 5.09. The van der Waals surface area contributed by atoms with Gasteiger partial charge in [-0.3, -0.25) is 0 Å². The molecular weight excluding hydrogens is 188 g/mol. The number of aryl methyl sites for hydroxylation is 3. The Morgan fingerprint density at radius 1 is 1.20 bits per heavy atom. The third-order valence-electron chi connectivity index (χ3n) is 2.83. The molecule has 0 amide bonds. The smallest absolute Gasteiger partial charge is 0.155 e. The van der Waals surface area contributed by atoms with Crippen molar-refractivity contribution in [1.82, 2.24) is 19.3 Å². The zero-order valence-electron chi connectivity index (χ0n) is 9.60. The molecule has 0 bridgehead atoms. The third-order valence-corrected chi connectivity index (χ3v) is 2.83. The maximum absolute atomic E-state index is 4.15. The fraction of sp³-hybridized carbons (Fsp3) is 0.455. The molecule has 80 valence electrons. The van der Waals surface area contributed by atoms with Crippen LogP contribution in [-0.4, -0.2) is 19.3 Å². The number of hydrogen-bond acceptors (Lipinski definition) is 2. The summed E-state index contributed by atoms with van der Waals surface area (Å²) in [5.74, 6) is 0.984. The summed E-state index contributed by atoms with van der Waals surface area (Å²) in [5.41, 5.74) is 2.51. The van der Waals surface area contributed by atoms with E-state index in [9.17, 15) is 0 Å². The van der Waals surface area contributed by atoms with Crippen LogP contribution in [0, 0.1) is 13.8 Å². The van der Waals surface area contributed by atoms with E-state index in [1.54, 1.807) is 6.33 Å². The quantitative estimate of drug-likeness (QED) is 0.748. The van der Waals surface area contributed by atoms with E-state index in [-0.39, 0.29) is 6.04 Å². The fourth-order valence-corrected chi connectivity index (χ4v) is 2.08. The molecule has 15 heavy (non-hydrogen) atoms. The van der Waals surface area contributed by atoms with Gasteiger partial charge in [0.15, 0.2) is 5.82 Å². The first-order valence-corrected chi connectivity index (χ1v) is 5.09. The maximum Gasteiger partial charge on any atom is 0.155 e. The van der Waals surface area contributed by atoms with Gasteiger partial charge in [-0.15, -0.1) is 10.2 Å². The lowest BCUT2D eigenvalue weighted by atomic mass is 10.3. The molecule has 0 radical (unpaired) electrons. The van der Waals surface area contributed by atoms with Crippen molar-refractivity contribution in [1.29, 1.82) is 0 Å². The van der Waals surface area contributed by atoms with Crippen molar-refractivity contribution in [3.63, 3.8) is 0 Å². The molecule has 1 unspecified atom stereocenters. The highest BCUT2D eigenvalue weighted by Crippen LogP contribution is 2.20. The van der Waals surface area contributed by atoms with Gasteiger partial charge in [-0.2, -0.15) is 0 Å². The van der Waals surface area contributed by atoms with Gasteiger partial charge in [0.25, 0.3) is 0 Å². The van der Waals surface area contributed by atoms with Crippen molar-refractivity contribution in [3.8, 4) is 0 Å². The molecule has 2 aromatic heterocycles. The average Bonchev–Trinajstić information content (AvgIpc) is 2.73. The van der Waals surface area contributed by atoms with Crippen LogP contribution in [0.3, 0.4) is 0 Å². The van der Waals surface area contributed by atoms with E-state index in [0.717, 1.165) is 5.82 Å². The van der Waals surface area contributed by atoms with Crippen molar-refractivity contribution >= 4 is 0 Å². The van der Waals surface area contributed by atoms with Gasteiger partial charge in [-0.25, -0.2) is 0 Å². The Labute approximate surface area is 89.6 Å². The summed E-state index contributed by atoms with van der Waals surface area (Å²) in [7, 11) is 1.97. The molecule has 0 fully saturated rings. The molecule has 2 rings (SSSR count). The Kier molecular flexibility index (Phi) is 2.34. The largest absolute Gasteiger partial charge is 0.339 e. The molecule has 0 aliphatic rings. The van der Waals surface area contributed by atoms with Crippen molar-refractivity contribution in [3.05, 3.63) is 35.7 Å². The lowest BCUT2D eigenvalue weighted by Gasteiger charge is -2.17. The highest BCUT2D eigenvalue weighted by atomic mass is 15.3. The number of nitrogens with zero attached hydrogens (tertiary/aromatic N) is 4. The van der Waals surface area contributed by atoms with E-state index in [1.807, 2.05) is 11.6 Å². The Morgan fingerprint density at radius 2 is 1.80 bits per heavy atom. The summed E-state index contributed by atoms with van der Waals surface area (Å²) in [4.78, 5) is 0. The minimum atomic E-state index is 0.229. The first kappa shape index (κ1) is 9.96. The Morgan fingerprint density at radius 3 is 2.27 bits per heavy atom. The van der Waals surface area contributed by atoms with Crippen LogP contribution in [0.2, 0.25) is 0 Å². The molecular formula is C11H16N4. The van der Waals surface area contributed by atoms with Crippen LogP contribution < -0.4 is 0 Å². The van der Waals surface area contributed by atoms with Gasteiger partial charge in [0.2, 0.25) is 0 Å². The lowest BCUT2D eigenvalue weighted by molar-refractivity contribution is 0.554. The molecule has 2 aromatic rings. The van der Waals surface area contributed by atoms with Gasteiger partial charge in [0.1, 0.15) is 6.33 Å². The van der Waals surface area contributed by atoms with E-state index in [1.165, 1.54) is 11.4 Å². The SMILES string of the molecule is Cc1ccc(C)n1C(C)c1nncn1C. The van der Waals surface area contributed by atoms with Crippen molar-refractivity contribution in [2.75, 3.05) is 0 Å². The van der Waals surface area contributed by atoms with E-state index in [0.29, 0.717) is 0 Å². The van der Waals surface area contributed by atoms with E-state index >= 15 is 0 Å². The minimum absolute atomic E-state index is 0.229. The second-order valence-electron chi connectivity index (χ2n) is 3.96. The van der Waals surface area contributed by atoms with Crippen molar-refractivity contribution in [2.45, 2.75) is 26.8 Å². The third kappa shape index (κ3) is 1.56. The molecule has 0 N–H and O–H groups in total. The van der Waals surface area contributed by atoms with Gasteiger partial charge in [-0.05, 0) is 32.9 Å². The van der Waals surface area contributed by atoms with Crippen molar-refractivity contribution < 1.29 is 0 Å². The van der Waals surface area contributed by atoms with Gasteiger partial charge < -0.3 is 9.13 Å². The van der Waals surface area contributed by atoms with Crippen LogP contribution >= 0.6 is 0 Å². The minimum Gasteiger partial charge on any atom is -0.339 e. The Balaban J connectivity index is 2.45. The predicted octanol–water partition coefficient (Wildman–Crippen LogP) is 1.84. The van der Waals surface area contributed by atoms with Gasteiger partial charge in [0.05, 0.1) is 6.04 Å². The molecule has 0 aliphatic carbocycles. The molecule has 4 heteroatoms. The topological polar surface area (TPSA) is 35.6 Å². The highest BCUT2D eigenvalue weighted by molar-refractivity contribution is 5.17.